The summed E-state index contributed by atoms with van der Waals surface area (Å²) in [6.07, 6.45) is 8.38. The summed E-state index contributed by atoms with van der Waals surface area (Å²) in [6.45, 7) is 8.28. The molecule has 0 saturated heterocycles. The van der Waals surface area contributed by atoms with Crippen LogP contribution in [0.15, 0.2) is 44.1 Å². The van der Waals surface area contributed by atoms with Gasteiger partial charge in [-0.25, -0.2) is 8.42 Å². The van der Waals surface area contributed by atoms with Gasteiger partial charge in [-0.3, -0.25) is 19.4 Å². The standard InChI is InChI=1S/C30H38N4O4S2/c1-5-7-11-26-31-30(15-8-9-16-30)29(35)34(26)19-22-12-13-24(23(18-22)10-6-2)27-25(14-17-39-27)40(36,37)33-28-20(3)21(4)38-32-28/h12-14,17-18H,5-11,15-16,19H2,1-4H3,(H,32,33). The van der Waals surface area contributed by atoms with E-state index < -0.39 is 15.6 Å². The lowest BCUT2D eigenvalue weighted by Crippen LogP contribution is -2.40. The van der Waals surface area contributed by atoms with Gasteiger partial charge in [0.2, 0.25) is 0 Å². The van der Waals surface area contributed by atoms with E-state index in [0.717, 1.165) is 80.3 Å². The van der Waals surface area contributed by atoms with E-state index in [1.165, 1.54) is 11.3 Å². The molecule has 0 bridgehead atoms. The van der Waals surface area contributed by atoms with Gasteiger partial charge in [0.15, 0.2) is 5.82 Å². The van der Waals surface area contributed by atoms with Crippen LogP contribution in [-0.4, -0.2) is 35.8 Å². The van der Waals surface area contributed by atoms with Crippen molar-refractivity contribution in [2.75, 3.05) is 4.72 Å². The number of nitrogens with zero attached hydrogens (tertiary/aromatic N) is 3. The van der Waals surface area contributed by atoms with Crippen LogP contribution in [0.3, 0.4) is 0 Å². The second-order valence-electron chi connectivity index (χ2n) is 10.9. The Kier molecular flexibility index (Phi) is 8.20. The average Bonchev–Trinajstić information content (AvgIpc) is 3.72. The third-order valence-electron chi connectivity index (χ3n) is 8.06. The molecule has 1 amide bonds. The van der Waals surface area contributed by atoms with Crippen LogP contribution in [0, 0.1) is 13.8 Å². The number of anilines is 1. The molecule has 40 heavy (non-hydrogen) atoms. The van der Waals surface area contributed by atoms with Crippen molar-refractivity contribution in [2.45, 2.75) is 102 Å². The van der Waals surface area contributed by atoms with E-state index in [4.69, 9.17) is 9.52 Å². The molecule has 1 aromatic carbocycles. The minimum Gasteiger partial charge on any atom is -0.359 e. The summed E-state index contributed by atoms with van der Waals surface area (Å²) in [7, 11) is -3.89. The number of amides is 1. The summed E-state index contributed by atoms with van der Waals surface area (Å²) >= 11 is 1.40. The van der Waals surface area contributed by atoms with E-state index in [9.17, 15) is 13.2 Å². The monoisotopic (exact) mass is 582 g/mol. The molecule has 1 spiro atoms. The number of nitrogens with one attached hydrogen (secondary N) is 1. The summed E-state index contributed by atoms with van der Waals surface area (Å²) in [4.78, 5) is 21.5. The number of hydrogen-bond donors (Lipinski definition) is 1. The lowest BCUT2D eigenvalue weighted by atomic mass is 9.97. The van der Waals surface area contributed by atoms with Crippen LogP contribution in [0.1, 0.15) is 87.7 Å². The Hall–Kier alpha value is -2.98. The number of aryl methyl sites for hydroxylation is 2. The van der Waals surface area contributed by atoms with Gasteiger partial charge in [-0.05, 0) is 67.7 Å². The van der Waals surface area contributed by atoms with Crippen molar-refractivity contribution in [3.05, 3.63) is 52.1 Å². The predicted molar refractivity (Wildman–Crippen MR) is 159 cm³/mol. The molecular formula is C30H38N4O4S2. The van der Waals surface area contributed by atoms with Crippen molar-refractivity contribution in [2.24, 2.45) is 4.99 Å². The molecule has 1 N–H and O–H groups in total. The number of sulfonamides is 1. The van der Waals surface area contributed by atoms with Crippen molar-refractivity contribution >= 4 is 38.9 Å². The highest BCUT2D eigenvalue weighted by Crippen LogP contribution is 2.41. The number of amidine groups is 1. The minimum absolute atomic E-state index is 0.147. The fourth-order valence-electron chi connectivity index (χ4n) is 5.72. The fourth-order valence-corrected chi connectivity index (χ4v) is 8.29. The fraction of sp³-hybridized carbons (Fsp3) is 0.500. The number of aliphatic imine (C=N–C) groups is 1. The van der Waals surface area contributed by atoms with Crippen molar-refractivity contribution in [3.63, 3.8) is 0 Å². The molecule has 0 radical (unpaired) electrons. The molecule has 2 aromatic heterocycles. The molecule has 214 valence electrons. The lowest BCUT2D eigenvalue weighted by molar-refractivity contribution is -0.131. The average molecular weight is 583 g/mol. The first kappa shape index (κ1) is 28.5. The maximum absolute atomic E-state index is 13.6. The largest absolute Gasteiger partial charge is 0.359 e. The number of carbonyl (C=O) groups excluding carboxylic acids is 1. The van der Waals surface area contributed by atoms with Crippen LogP contribution in [-0.2, 0) is 27.8 Å². The third-order valence-corrected chi connectivity index (χ3v) is 10.5. The van der Waals surface area contributed by atoms with Crippen molar-refractivity contribution < 1.29 is 17.7 Å². The zero-order valence-electron chi connectivity index (χ0n) is 23.7. The van der Waals surface area contributed by atoms with Gasteiger partial charge in [0, 0.05) is 12.0 Å². The Morgan fingerprint density at radius 2 is 1.88 bits per heavy atom. The number of rotatable bonds is 11. The smallest absolute Gasteiger partial charge is 0.264 e. The Morgan fingerprint density at radius 1 is 1.10 bits per heavy atom. The first-order valence-corrected chi connectivity index (χ1v) is 16.6. The molecule has 10 heteroatoms. The quantitative estimate of drug-likeness (QED) is 0.262. The van der Waals surface area contributed by atoms with Crippen LogP contribution in [0.5, 0.6) is 0 Å². The number of hydrogen-bond acceptors (Lipinski definition) is 7. The molecule has 0 unspecified atom stereocenters. The normalized spacial score (nSPS) is 16.8. The highest BCUT2D eigenvalue weighted by molar-refractivity contribution is 7.93. The Morgan fingerprint density at radius 3 is 2.55 bits per heavy atom. The van der Waals surface area contributed by atoms with Crippen LogP contribution in [0.4, 0.5) is 5.82 Å². The zero-order chi connectivity index (χ0) is 28.5. The van der Waals surface area contributed by atoms with Gasteiger partial charge in [0.25, 0.3) is 15.9 Å². The van der Waals surface area contributed by atoms with Crippen LogP contribution >= 0.6 is 11.3 Å². The van der Waals surface area contributed by atoms with E-state index in [-0.39, 0.29) is 16.6 Å². The van der Waals surface area contributed by atoms with Gasteiger partial charge in [0.05, 0.1) is 11.4 Å². The summed E-state index contributed by atoms with van der Waals surface area (Å²) in [6, 6.07) is 7.80. The molecule has 1 saturated carbocycles. The number of thiophene rings is 1. The molecule has 2 aliphatic rings. The minimum atomic E-state index is -3.89. The van der Waals surface area contributed by atoms with Crippen LogP contribution in [0.2, 0.25) is 0 Å². The number of aromatic nitrogens is 1. The van der Waals surface area contributed by atoms with Gasteiger partial charge in [-0.1, -0.05) is 62.9 Å². The number of unbranched alkanes of at least 4 members (excludes halogenated alkanes) is 1. The van der Waals surface area contributed by atoms with Gasteiger partial charge in [0.1, 0.15) is 22.0 Å². The van der Waals surface area contributed by atoms with Crippen LogP contribution < -0.4 is 4.72 Å². The number of carbonyl (C=O) groups is 1. The third kappa shape index (κ3) is 5.35. The van der Waals surface area contributed by atoms with Crippen LogP contribution in [0.25, 0.3) is 10.4 Å². The Bertz CT molecular complexity index is 1530. The topological polar surface area (TPSA) is 105 Å². The highest BCUT2D eigenvalue weighted by Gasteiger charge is 2.49. The maximum Gasteiger partial charge on any atom is 0.264 e. The molecule has 3 aromatic rings. The summed E-state index contributed by atoms with van der Waals surface area (Å²) in [5.74, 6) is 1.84. The Labute approximate surface area is 240 Å². The molecule has 3 heterocycles. The van der Waals surface area contributed by atoms with E-state index in [1.807, 2.05) is 17.0 Å². The van der Waals surface area contributed by atoms with Crippen molar-refractivity contribution in [1.29, 1.82) is 0 Å². The molecule has 1 fully saturated rings. The van der Waals surface area contributed by atoms with Gasteiger partial charge < -0.3 is 4.52 Å². The van der Waals surface area contributed by atoms with Crippen molar-refractivity contribution in [1.82, 2.24) is 10.1 Å². The SMILES string of the molecule is CCCCC1=NC2(CCCC2)C(=O)N1Cc1ccc(-c2sccc2S(=O)(=O)Nc2noc(C)c2C)c(CCC)c1. The zero-order valence-corrected chi connectivity index (χ0v) is 25.4. The maximum atomic E-state index is 13.6. The molecule has 1 aliphatic heterocycles. The second kappa shape index (κ2) is 11.5. The number of benzene rings is 1. The van der Waals surface area contributed by atoms with E-state index in [2.05, 4.69) is 29.8 Å². The predicted octanol–water partition coefficient (Wildman–Crippen LogP) is 7.02. The first-order chi connectivity index (χ1) is 19.2. The second-order valence-corrected chi connectivity index (χ2v) is 13.5. The van der Waals surface area contributed by atoms with E-state index in [0.29, 0.717) is 22.7 Å². The van der Waals surface area contributed by atoms with Gasteiger partial charge in [-0.2, -0.15) is 0 Å². The summed E-state index contributed by atoms with van der Waals surface area (Å²) in [5.41, 5.74) is 3.11. The summed E-state index contributed by atoms with van der Waals surface area (Å²) in [5, 5.41) is 5.67. The summed E-state index contributed by atoms with van der Waals surface area (Å²) < 4.78 is 34.6. The highest BCUT2D eigenvalue weighted by atomic mass is 32.2. The van der Waals surface area contributed by atoms with Crippen molar-refractivity contribution in [3.8, 4) is 10.4 Å². The van der Waals surface area contributed by atoms with E-state index in [1.54, 1.807) is 25.3 Å². The Balaban J connectivity index is 1.45. The molecular weight excluding hydrogens is 544 g/mol. The molecule has 0 atom stereocenters. The molecule has 5 rings (SSSR count). The lowest BCUT2D eigenvalue weighted by Gasteiger charge is -2.23. The van der Waals surface area contributed by atoms with Gasteiger partial charge in [-0.15, -0.1) is 11.3 Å². The first-order valence-electron chi connectivity index (χ1n) is 14.2. The van der Waals surface area contributed by atoms with Gasteiger partial charge >= 0.3 is 0 Å². The molecule has 8 nitrogen and oxygen atoms in total. The van der Waals surface area contributed by atoms with E-state index >= 15 is 0 Å². The molecule has 1 aliphatic carbocycles.